The second kappa shape index (κ2) is 12.0. The highest BCUT2D eigenvalue weighted by Gasteiger charge is 2.77. The van der Waals surface area contributed by atoms with Crippen molar-refractivity contribution in [2.24, 2.45) is 17.8 Å². The summed E-state index contributed by atoms with van der Waals surface area (Å²) in [6.45, 7) is -0.774. The number of carbonyl (C=O) groups is 4. The molecule has 286 valence electrons. The zero-order valence-corrected chi connectivity index (χ0v) is 27.7. The highest BCUT2D eigenvalue weighted by molar-refractivity contribution is 6.58. The minimum absolute atomic E-state index is 0.106. The number of halogens is 13. The van der Waals surface area contributed by atoms with E-state index >= 15 is 8.78 Å². The van der Waals surface area contributed by atoms with Gasteiger partial charge in [-0.3, -0.25) is 19.2 Å². The Kier molecular flexibility index (Phi) is 8.40. The molecule has 3 aromatic rings. The number of nitrogens with zero attached hydrogens (tertiary/aromatic N) is 2. The molecular weight excluding hydrogens is 800 g/mol. The van der Waals surface area contributed by atoms with Crippen molar-refractivity contribution in [3.63, 3.8) is 0 Å². The van der Waals surface area contributed by atoms with Crippen LogP contribution in [0.3, 0.4) is 0 Å². The first-order chi connectivity index (χ1) is 25.0. The molecule has 2 aliphatic carbocycles. The Bertz CT molecular complexity index is 2180. The van der Waals surface area contributed by atoms with Gasteiger partial charge in [-0.25, -0.2) is 31.8 Å². The molecule has 4 amide bonds. The quantitative estimate of drug-likeness (QED) is 0.0742. The maximum atomic E-state index is 15.1. The van der Waals surface area contributed by atoms with Crippen molar-refractivity contribution in [1.82, 2.24) is 0 Å². The minimum Gasteiger partial charge on any atom is -0.463 e. The lowest BCUT2D eigenvalue weighted by Crippen LogP contribution is -2.60. The predicted molar refractivity (Wildman–Crippen MR) is 160 cm³/mol. The van der Waals surface area contributed by atoms with Crippen molar-refractivity contribution in [2.75, 3.05) is 9.80 Å². The number of amides is 4. The first kappa shape index (κ1) is 37.8. The van der Waals surface area contributed by atoms with E-state index in [0.717, 1.165) is 12.1 Å². The summed E-state index contributed by atoms with van der Waals surface area (Å²) in [6.07, 6.45) is -11.0. The third-order valence-electron chi connectivity index (χ3n) is 10.2. The molecule has 0 radical (unpaired) electrons. The SMILES string of the molecule is O=C1[C@H]2[C@H](CC=C3[C@H]2C[C@@]2(Cl)C(=O)N(c4c(F)c(F)c(F)c(F)c4F)C(=O)[C@@]2(Cl)[C@H]3c2ccc(CO)o2)C(=O)N1c1cc(C(F)(F)F)cc(C(F)(F)F)c1. The smallest absolute Gasteiger partial charge is 0.416 e. The van der Waals surface area contributed by atoms with E-state index in [2.05, 4.69) is 0 Å². The van der Waals surface area contributed by atoms with Crippen LogP contribution < -0.4 is 9.80 Å². The molecule has 3 heterocycles. The van der Waals surface area contributed by atoms with Gasteiger partial charge in [0.2, 0.25) is 17.6 Å². The summed E-state index contributed by atoms with van der Waals surface area (Å²) < 4.78 is 161. The van der Waals surface area contributed by atoms with Crippen LogP contribution in [0.15, 0.2) is 46.4 Å². The number of benzene rings is 2. The maximum absolute atomic E-state index is 15.1. The average Bonchev–Trinajstić information content (AvgIpc) is 3.72. The van der Waals surface area contributed by atoms with Gasteiger partial charge in [-0.05, 0) is 49.1 Å². The molecule has 4 aliphatic rings. The van der Waals surface area contributed by atoms with Gasteiger partial charge in [0.15, 0.2) is 33.0 Å². The fourth-order valence-corrected chi connectivity index (χ4v) is 8.75. The fraction of sp³-hybridized carbons (Fsp3) is 0.333. The lowest BCUT2D eigenvalue weighted by atomic mass is 9.57. The van der Waals surface area contributed by atoms with E-state index in [-0.39, 0.29) is 34.4 Å². The van der Waals surface area contributed by atoms with E-state index in [4.69, 9.17) is 27.6 Å². The van der Waals surface area contributed by atoms with Gasteiger partial charge >= 0.3 is 12.4 Å². The standard InChI is InChI=1S/C33H17Cl2F11N2O6/c34-30-8-16-14(2-3-15-18(16)27(51)47(26(15)50)12-6-10(32(41,42)43)5-11(7-12)33(44,45)46)19(17-4-1-13(9-49)54-17)31(30,35)29(53)48(28(30)52)25-23(39)21(37)20(36)22(38)24(25)40/h1-2,4-7,15-16,18-19,49H,3,8-9H2/t15-,16+,18-,19+,30+,31-/m0/s1. The molecule has 54 heavy (non-hydrogen) atoms. The Morgan fingerprint density at radius 2 is 1.31 bits per heavy atom. The average molecular weight is 817 g/mol. The van der Waals surface area contributed by atoms with Crippen LogP contribution in [0.25, 0.3) is 0 Å². The molecule has 3 fully saturated rings. The summed E-state index contributed by atoms with van der Waals surface area (Å²) >= 11 is 13.8. The van der Waals surface area contributed by atoms with Crippen molar-refractivity contribution >= 4 is 58.2 Å². The van der Waals surface area contributed by atoms with Crippen molar-refractivity contribution in [1.29, 1.82) is 0 Å². The van der Waals surface area contributed by atoms with Gasteiger partial charge in [-0.15, -0.1) is 23.2 Å². The summed E-state index contributed by atoms with van der Waals surface area (Å²) in [5.74, 6) is -26.6. The Morgan fingerprint density at radius 1 is 0.759 bits per heavy atom. The van der Waals surface area contributed by atoms with Gasteiger partial charge in [0.1, 0.15) is 23.8 Å². The number of aliphatic hydroxyl groups excluding tert-OH is 1. The third kappa shape index (κ3) is 4.99. The van der Waals surface area contributed by atoms with Crippen LogP contribution in [-0.4, -0.2) is 38.5 Å². The van der Waals surface area contributed by atoms with Crippen LogP contribution in [0.4, 0.5) is 59.7 Å². The minimum atomic E-state index is -5.37. The highest BCUT2D eigenvalue weighted by Crippen LogP contribution is 2.66. The maximum Gasteiger partial charge on any atom is 0.416 e. The first-order valence-corrected chi connectivity index (χ1v) is 16.1. The molecule has 8 nitrogen and oxygen atoms in total. The fourth-order valence-electron chi connectivity index (χ4n) is 7.84. The number of allylic oxidation sites excluding steroid dienone is 2. The normalized spacial score (nSPS) is 28.4. The number of furan rings is 1. The topological polar surface area (TPSA) is 108 Å². The zero-order chi connectivity index (χ0) is 39.8. The lowest BCUT2D eigenvalue weighted by Gasteiger charge is -2.49. The van der Waals surface area contributed by atoms with Crippen molar-refractivity contribution in [2.45, 2.75) is 47.5 Å². The molecule has 2 aromatic carbocycles. The summed E-state index contributed by atoms with van der Waals surface area (Å²) in [5, 5.41) is 9.66. The third-order valence-corrected chi connectivity index (χ3v) is 11.6. The monoisotopic (exact) mass is 816 g/mol. The van der Waals surface area contributed by atoms with E-state index in [1.165, 1.54) is 6.08 Å². The largest absolute Gasteiger partial charge is 0.463 e. The van der Waals surface area contributed by atoms with E-state index < -0.39 is 151 Å². The lowest BCUT2D eigenvalue weighted by molar-refractivity contribution is -0.143. The number of alkyl halides is 8. The summed E-state index contributed by atoms with van der Waals surface area (Å²) in [4.78, 5) is 49.9. The second-order valence-corrected chi connectivity index (χ2v) is 14.2. The van der Waals surface area contributed by atoms with E-state index in [9.17, 15) is 63.8 Å². The van der Waals surface area contributed by atoms with Crippen LogP contribution in [0.2, 0.25) is 0 Å². The highest BCUT2D eigenvalue weighted by atomic mass is 35.5. The van der Waals surface area contributed by atoms with Crippen molar-refractivity contribution < 1.29 is 77.0 Å². The van der Waals surface area contributed by atoms with E-state index in [0.29, 0.717) is 0 Å². The summed E-state index contributed by atoms with van der Waals surface area (Å²) in [7, 11) is 0. The molecule has 0 spiro atoms. The van der Waals surface area contributed by atoms with E-state index in [1.54, 1.807) is 0 Å². The number of carbonyl (C=O) groups excluding carboxylic acids is 4. The van der Waals surface area contributed by atoms with Gasteiger partial charge in [0.25, 0.3) is 11.8 Å². The summed E-state index contributed by atoms with van der Waals surface area (Å²) in [5.41, 5.74) is -6.99. The Labute approximate surface area is 303 Å². The molecule has 2 aliphatic heterocycles. The number of hydrogen-bond donors (Lipinski definition) is 1. The molecule has 7 rings (SSSR count). The van der Waals surface area contributed by atoms with Crippen LogP contribution in [0.5, 0.6) is 0 Å². The Morgan fingerprint density at radius 3 is 1.83 bits per heavy atom. The van der Waals surface area contributed by atoms with Gasteiger partial charge in [-0.2, -0.15) is 26.3 Å². The van der Waals surface area contributed by atoms with E-state index in [1.807, 2.05) is 0 Å². The van der Waals surface area contributed by atoms with Gasteiger partial charge in [-0.1, -0.05) is 11.6 Å². The number of imide groups is 2. The van der Waals surface area contributed by atoms with Gasteiger partial charge in [0.05, 0.1) is 34.6 Å². The summed E-state index contributed by atoms with van der Waals surface area (Å²) in [6, 6.07) is 2.33. The predicted octanol–water partition coefficient (Wildman–Crippen LogP) is 7.27. The molecule has 1 N–H and O–H groups in total. The molecule has 0 unspecified atom stereocenters. The van der Waals surface area contributed by atoms with Crippen LogP contribution >= 0.6 is 23.2 Å². The molecule has 21 heteroatoms. The first-order valence-electron chi connectivity index (χ1n) is 15.4. The molecule has 1 saturated carbocycles. The molecule has 0 bridgehead atoms. The van der Waals surface area contributed by atoms with Crippen molar-refractivity contribution in [3.05, 3.63) is 93.7 Å². The Balaban J connectivity index is 1.40. The molecule has 1 aromatic heterocycles. The molecule has 6 atom stereocenters. The second-order valence-electron chi connectivity index (χ2n) is 12.9. The van der Waals surface area contributed by atoms with Crippen molar-refractivity contribution in [3.8, 4) is 0 Å². The number of hydrogen-bond acceptors (Lipinski definition) is 6. The Hall–Kier alpha value is -4.49. The number of rotatable bonds is 4. The zero-order valence-electron chi connectivity index (χ0n) is 26.2. The number of fused-ring (bicyclic) bond motifs is 4. The number of anilines is 2. The van der Waals surface area contributed by atoms with Gasteiger partial charge in [0, 0.05) is 0 Å². The van der Waals surface area contributed by atoms with Gasteiger partial charge < -0.3 is 9.52 Å². The van der Waals surface area contributed by atoms with Crippen LogP contribution in [0, 0.1) is 46.8 Å². The van der Waals surface area contributed by atoms with Crippen LogP contribution in [0.1, 0.15) is 41.4 Å². The molecular formula is C33H17Cl2F11N2O6. The van der Waals surface area contributed by atoms with Crippen LogP contribution in [-0.2, 0) is 38.1 Å². The molecule has 2 saturated heterocycles. The number of aliphatic hydroxyl groups is 1.